The Labute approximate surface area is 104 Å². The van der Waals surface area contributed by atoms with Crippen LogP contribution in [0, 0.1) is 5.82 Å². The second-order valence-electron chi connectivity index (χ2n) is 3.99. The number of hydrogen-bond acceptors (Lipinski definition) is 4. The SMILES string of the molecule is COc1ccc(F)cc1N(C)Cc1cc(N)n[nH]1. The molecule has 0 bridgehead atoms. The second kappa shape index (κ2) is 4.95. The molecular weight excluding hydrogens is 235 g/mol. The topological polar surface area (TPSA) is 67.2 Å². The van der Waals surface area contributed by atoms with Gasteiger partial charge in [0, 0.05) is 19.2 Å². The number of nitrogens with two attached hydrogens (primary N) is 1. The zero-order chi connectivity index (χ0) is 13.1. The highest BCUT2D eigenvalue weighted by atomic mass is 19.1. The molecule has 0 fully saturated rings. The number of nitrogen functional groups attached to an aromatic ring is 1. The van der Waals surface area contributed by atoms with Gasteiger partial charge >= 0.3 is 0 Å². The highest BCUT2D eigenvalue weighted by Crippen LogP contribution is 2.28. The molecule has 96 valence electrons. The number of benzene rings is 1. The first-order chi connectivity index (χ1) is 8.60. The Morgan fingerprint density at radius 1 is 1.44 bits per heavy atom. The molecule has 1 heterocycles. The number of hydrogen-bond donors (Lipinski definition) is 2. The van der Waals surface area contributed by atoms with Crippen molar-refractivity contribution in [2.45, 2.75) is 6.54 Å². The number of anilines is 2. The van der Waals surface area contributed by atoms with Crippen LogP contribution in [0.2, 0.25) is 0 Å². The normalized spacial score (nSPS) is 10.4. The minimum absolute atomic E-state index is 0.304. The van der Waals surface area contributed by atoms with E-state index >= 15 is 0 Å². The monoisotopic (exact) mass is 250 g/mol. The lowest BCUT2D eigenvalue weighted by atomic mass is 10.2. The van der Waals surface area contributed by atoms with E-state index in [2.05, 4.69) is 10.2 Å². The van der Waals surface area contributed by atoms with Gasteiger partial charge in [0.2, 0.25) is 0 Å². The number of aromatic nitrogens is 2. The number of aromatic amines is 1. The zero-order valence-corrected chi connectivity index (χ0v) is 10.3. The van der Waals surface area contributed by atoms with Gasteiger partial charge in [0.15, 0.2) is 0 Å². The number of nitrogens with one attached hydrogen (secondary N) is 1. The van der Waals surface area contributed by atoms with Crippen molar-refractivity contribution in [3.05, 3.63) is 35.8 Å². The average molecular weight is 250 g/mol. The van der Waals surface area contributed by atoms with Gasteiger partial charge < -0.3 is 15.4 Å². The molecular formula is C12H15FN4O. The lowest BCUT2D eigenvalue weighted by molar-refractivity contribution is 0.413. The first-order valence-electron chi connectivity index (χ1n) is 5.44. The van der Waals surface area contributed by atoms with Gasteiger partial charge in [-0.05, 0) is 12.1 Å². The summed E-state index contributed by atoms with van der Waals surface area (Å²) in [6.45, 7) is 0.532. The molecule has 0 spiro atoms. The van der Waals surface area contributed by atoms with E-state index in [0.29, 0.717) is 23.8 Å². The molecule has 0 aliphatic carbocycles. The quantitative estimate of drug-likeness (QED) is 0.868. The van der Waals surface area contributed by atoms with Crippen LogP contribution in [0.3, 0.4) is 0 Å². The van der Waals surface area contributed by atoms with Gasteiger partial charge in [-0.25, -0.2) is 4.39 Å². The van der Waals surface area contributed by atoms with E-state index < -0.39 is 0 Å². The van der Waals surface area contributed by atoms with Crippen molar-refractivity contribution >= 4 is 11.5 Å². The second-order valence-corrected chi connectivity index (χ2v) is 3.99. The molecule has 3 N–H and O–H groups in total. The number of nitrogens with zero attached hydrogens (tertiary/aromatic N) is 2. The Morgan fingerprint density at radius 2 is 2.22 bits per heavy atom. The summed E-state index contributed by atoms with van der Waals surface area (Å²) in [5, 5.41) is 6.65. The average Bonchev–Trinajstić information content (AvgIpc) is 2.74. The van der Waals surface area contributed by atoms with Crippen molar-refractivity contribution in [2.24, 2.45) is 0 Å². The number of halogens is 1. The zero-order valence-electron chi connectivity index (χ0n) is 10.3. The Hall–Kier alpha value is -2.24. The minimum atomic E-state index is -0.304. The third-order valence-corrected chi connectivity index (χ3v) is 2.61. The highest BCUT2D eigenvalue weighted by molar-refractivity contribution is 5.58. The molecule has 2 aromatic rings. The van der Waals surface area contributed by atoms with E-state index in [-0.39, 0.29) is 5.82 Å². The molecule has 0 aliphatic heterocycles. The summed E-state index contributed by atoms with van der Waals surface area (Å²) >= 11 is 0. The maximum absolute atomic E-state index is 13.3. The highest BCUT2D eigenvalue weighted by Gasteiger charge is 2.11. The van der Waals surface area contributed by atoms with Crippen molar-refractivity contribution in [2.75, 3.05) is 24.8 Å². The van der Waals surface area contributed by atoms with Gasteiger partial charge in [-0.15, -0.1) is 0 Å². The van der Waals surface area contributed by atoms with E-state index in [1.807, 2.05) is 11.9 Å². The van der Waals surface area contributed by atoms with E-state index in [4.69, 9.17) is 10.5 Å². The van der Waals surface area contributed by atoms with E-state index in [1.165, 1.54) is 12.1 Å². The fourth-order valence-corrected chi connectivity index (χ4v) is 1.76. The van der Waals surface area contributed by atoms with Gasteiger partial charge in [-0.1, -0.05) is 0 Å². The van der Waals surface area contributed by atoms with Gasteiger partial charge in [-0.3, -0.25) is 5.10 Å². The predicted octanol–water partition coefficient (Wildman–Crippen LogP) is 1.78. The summed E-state index contributed by atoms with van der Waals surface area (Å²) < 4.78 is 18.5. The lowest BCUT2D eigenvalue weighted by Crippen LogP contribution is -2.17. The molecule has 5 nitrogen and oxygen atoms in total. The molecule has 18 heavy (non-hydrogen) atoms. The van der Waals surface area contributed by atoms with Gasteiger partial charge in [0.1, 0.15) is 17.4 Å². The Morgan fingerprint density at radius 3 is 2.83 bits per heavy atom. The van der Waals surface area contributed by atoms with Crippen LogP contribution >= 0.6 is 0 Å². The first-order valence-corrected chi connectivity index (χ1v) is 5.44. The van der Waals surface area contributed by atoms with Crippen molar-refractivity contribution < 1.29 is 9.13 Å². The lowest BCUT2D eigenvalue weighted by Gasteiger charge is -2.20. The number of methoxy groups -OCH3 is 1. The fourth-order valence-electron chi connectivity index (χ4n) is 1.76. The maximum Gasteiger partial charge on any atom is 0.145 e. The van der Waals surface area contributed by atoms with Crippen LogP contribution in [0.4, 0.5) is 15.9 Å². The van der Waals surface area contributed by atoms with E-state index in [0.717, 1.165) is 5.69 Å². The van der Waals surface area contributed by atoms with Crippen molar-refractivity contribution in [3.63, 3.8) is 0 Å². The van der Waals surface area contributed by atoms with Crippen LogP contribution < -0.4 is 15.4 Å². The molecule has 0 amide bonds. The third kappa shape index (κ3) is 2.53. The van der Waals surface area contributed by atoms with E-state index in [9.17, 15) is 4.39 Å². The van der Waals surface area contributed by atoms with Gasteiger partial charge in [0.05, 0.1) is 25.0 Å². The summed E-state index contributed by atoms with van der Waals surface area (Å²) in [4.78, 5) is 1.86. The van der Waals surface area contributed by atoms with Crippen LogP contribution in [0.1, 0.15) is 5.69 Å². The molecule has 1 aromatic heterocycles. The summed E-state index contributed by atoms with van der Waals surface area (Å²) in [7, 11) is 3.40. The fraction of sp³-hybridized carbons (Fsp3) is 0.250. The Bertz CT molecular complexity index is 541. The molecule has 0 saturated carbocycles. The third-order valence-electron chi connectivity index (χ3n) is 2.61. The molecule has 6 heteroatoms. The molecule has 0 aliphatic rings. The Balaban J connectivity index is 2.22. The largest absolute Gasteiger partial charge is 0.495 e. The molecule has 0 atom stereocenters. The molecule has 0 radical (unpaired) electrons. The summed E-state index contributed by atoms with van der Waals surface area (Å²) in [6.07, 6.45) is 0. The predicted molar refractivity (Wildman–Crippen MR) is 68.1 cm³/mol. The van der Waals surface area contributed by atoms with Crippen molar-refractivity contribution in [1.82, 2.24) is 10.2 Å². The Kier molecular flexibility index (Phi) is 3.36. The van der Waals surface area contributed by atoms with Crippen molar-refractivity contribution in [3.8, 4) is 5.75 Å². The smallest absolute Gasteiger partial charge is 0.145 e. The molecule has 1 aromatic carbocycles. The standard InChI is InChI=1S/C12H15FN4O/c1-17(7-9-6-12(14)16-15-9)10-5-8(13)3-4-11(10)18-2/h3-6H,7H2,1-2H3,(H3,14,15,16). The molecule has 0 saturated heterocycles. The number of H-pyrrole nitrogens is 1. The summed E-state index contributed by atoms with van der Waals surface area (Å²) in [5.74, 6) is 0.748. The van der Waals surface area contributed by atoms with Gasteiger partial charge in [0.25, 0.3) is 0 Å². The first kappa shape index (κ1) is 12.2. The van der Waals surface area contributed by atoms with Crippen LogP contribution in [0.15, 0.2) is 24.3 Å². The molecule has 2 rings (SSSR count). The van der Waals surface area contributed by atoms with Crippen LogP contribution in [-0.4, -0.2) is 24.4 Å². The van der Waals surface area contributed by atoms with E-state index in [1.54, 1.807) is 19.2 Å². The van der Waals surface area contributed by atoms with Crippen LogP contribution in [0.25, 0.3) is 0 Å². The maximum atomic E-state index is 13.3. The number of rotatable bonds is 4. The van der Waals surface area contributed by atoms with Crippen LogP contribution in [0.5, 0.6) is 5.75 Å². The van der Waals surface area contributed by atoms with Crippen molar-refractivity contribution in [1.29, 1.82) is 0 Å². The number of ether oxygens (including phenoxy) is 1. The minimum Gasteiger partial charge on any atom is -0.495 e. The summed E-state index contributed by atoms with van der Waals surface area (Å²) in [6, 6.07) is 6.13. The van der Waals surface area contributed by atoms with Gasteiger partial charge in [-0.2, -0.15) is 5.10 Å². The van der Waals surface area contributed by atoms with Crippen LogP contribution in [-0.2, 0) is 6.54 Å². The summed E-state index contributed by atoms with van der Waals surface area (Å²) in [5.41, 5.74) is 7.05. The molecule has 0 unspecified atom stereocenters.